The van der Waals surface area contributed by atoms with Gasteiger partial charge in [0.25, 0.3) is 0 Å². The third kappa shape index (κ3) is 7.54. The normalized spacial score (nSPS) is 17.8. The van der Waals surface area contributed by atoms with E-state index in [0.717, 1.165) is 70.2 Å². The fourth-order valence-electron chi connectivity index (χ4n) is 3.18. The van der Waals surface area contributed by atoms with Crippen LogP contribution >= 0.6 is 24.0 Å². The summed E-state index contributed by atoms with van der Waals surface area (Å²) in [7, 11) is 0. The summed E-state index contributed by atoms with van der Waals surface area (Å²) in [6.45, 7) is 9.79. The van der Waals surface area contributed by atoms with Crippen molar-refractivity contribution in [3.8, 4) is 0 Å². The first-order valence-corrected chi connectivity index (χ1v) is 10.1. The van der Waals surface area contributed by atoms with E-state index in [2.05, 4.69) is 38.4 Å². The minimum Gasteiger partial charge on any atom is -0.357 e. The van der Waals surface area contributed by atoms with E-state index in [-0.39, 0.29) is 29.9 Å². The highest BCUT2D eigenvalue weighted by Crippen LogP contribution is 2.18. The molecule has 156 valence electrons. The van der Waals surface area contributed by atoms with E-state index in [4.69, 9.17) is 4.99 Å². The number of piperazine rings is 1. The minimum atomic E-state index is 0. The van der Waals surface area contributed by atoms with Gasteiger partial charge in [-0.25, -0.2) is 0 Å². The molecular formula is C20H33IN6O. The summed E-state index contributed by atoms with van der Waals surface area (Å²) in [4.78, 5) is 25.6. The van der Waals surface area contributed by atoms with Gasteiger partial charge in [-0.05, 0) is 44.7 Å². The Morgan fingerprint density at radius 2 is 2.00 bits per heavy atom. The predicted molar refractivity (Wildman–Crippen MR) is 123 cm³/mol. The number of aromatic nitrogens is 1. The molecule has 1 saturated carbocycles. The first kappa shape index (κ1) is 22.9. The monoisotopic (exact) mass is 500 g/mol. The second-order valence-electron chi connectivity index (χ2n) is 7.40. The summed E-state index contributed by atoms with van der Waals surface area (Å²) in [5.74, 6) is 1.14. The molecule has 1 aromatic heterocycles. The number of aliphatic imine (C=N–C) groups is 1. The summed E-state index contributed by atoms with van der Waals surface area (Å²) in [6, 6.07) is 4.61. The molecule has 0 bridgehead atoms. The number of rotatable bonds is 7. The van der Waals surface area contributed by atoms with Crippen molar-refractivity contribution in [3.05, 3.63) is 29.6 Å². The van der Waals surface area contributed by atoms with Crippen LogP contribution in [0.15, 0.2) is 23.3 Å². The van der Waals surface area contributed by atoms with E-state index in [1.807, 2.05) is 19.2 Å². The lowest BCUT2D eigenvalue weighted by molar-refractivity contribution is -0.122. The molecule has 0 radical (unpaired) electrons. The minimum absolute atomic E-state index is 0. The first-order chi connectivity index (χ1) is 13.1. The Morgan fingerprint density at radius 3 is 2.61 bits per heavy atom. The van der Waals surface area contributed by atoms with Gasteiger partial charge in [-0.15, -0.1) is 24.0 Å². The lowest BCUT2D eigenvalue weighted by atomic mass is 10.2. The molecule has 1 aromatic rings. The van der Waals surface area contributed by atoms with Crippen LogP contribution in [0, 0.1) is 6.92 Å². The van der Waals surface area contributed by atoms with Crippen LogP contribution in [0.5, 0.6) is 0 Å². The van der Waals surface area contributed by atoms with Gasteiger partial charge in [0.1, 0.15) is 0 Å². The van der Waals surface area contributed by atoms with Crippen molar-refractivity contribution in [2.75, 3.05) is 45.8 Å². The predicted octanol–water partition coefficient (Wildman–Crippen LogP) is 1.41. The third-order valence-electron chi connectivity index (χ3n) is 4.95. The average molecular weight is 500 g/mol. The molecule has 1 saturated heterocycles. The smallest absolute Gasteiger partial charge is 0.234 e. The van der Waals surface area contributed by atoms with Crippen LogP contribution in [0.25, 0.3) is 0 Å². The summed E-state index contributed by atoms with van der Waals surface area (Å²) in [5.41, 5.74) is 2.26. The first-order valence-electron chi connectivity index (χ1n) is 10.1. The van der Waals surface area contributed by atoms with Gasteiger partial charge in [-0.3, -0.25) is 19.7 Å². The van der Waals surface area contributed by atoms with Gasteiger partial charge >= 0.3 is 0 Å². The van der Waals surface area contributed by atoms with Gasteiger partial charge in [-0.1, -0.05) is 6.07 Å². The number of guanidine groups is 1. The fourth-order valence-corrected chi connectivity index (χ4v) is 3.18. The van der Waals surface area contributed by atoms with Crippen molar-refractivity contribution in [3.63, 3.8) is 0 Å². The number of carbonyl (C=O) groups is 1. The second-order valence-corrected chi connectivity index (χ2v) is 7.40. The Labute approximate surface area is 185 Å². The zero-order valence-corrected chi connectivity index (χ0v) is 19.3. The number of halogens is 1. The number of nitrogens with one attached hydrogen (secondary N) is 2. The van der Waals surface area contributed by atoms with E-state index < -0.39 is 0 Å². The van der Waals surface area contributed by atoms with Gasteiger partial charge in [0.15, 0.2) is 5.96 Å². The number of pyridine rings is 1. The standard InChI is InChI=1S/C20H32N6O.HI/c1-3-21-20(22-9-8-17-5-4-16(2)23-14-17)26-12-10-25(11-13-26)15-19(27)24-18-6-7-18;/h4-5,14,18H,3,6-13,15H2,1-2H3,(H,21,22)(H,24,27);1H. The summed E-state index contributed by atoms with van der Waals surface area (Å²) >= 11 is 0. The molecule has 3 rings (SSSR count). The Bertz CT molecular complexity index is 639. The Kier molecular flexibility index (Phi) is 9.43. The van der Waals surface area contributed by atoms with Crippen LogP contribution in [0.4, 0.5) is 0 Å². The van der Waals surface area contributed by atoms with E-state index in [0.29, 0.717) is 12.6 Å². The largest absolute Gasteiger partial charge is 0.357 e. The van der Waals surface area contributed by atoms with E-state index in [9.17, 15) is 4.79 Å². The molecule has 0 atom stereocenters. The maximum Gasteiger partial charge on any atom is 0.234 e. The Balaban J connectivity index is 0.00000280. The molecule has 2 aliphatic rings. The molecule has 2 heterocycles. The lowest BCUT2D eigenvalue weighted by Gasteiger charge is -2.36. The molecule has 1 amide bonds. The Hall–Kier alpha value is -1.42. The molecule has 0 unspecified atom stereocenters. The van der Waals surface area contributed by atoms with Crippen LogP contribution < -0.4 is 10.6 Å². The molecule has 8 heteroatoms. The number of aryl methyl sites for hydroxylation is 1. The number of hydrogen-bond donors (Lipinski definition) is 2. The summed E-state index contributed by atoms with van der Waals surface area (Å²) < 4.78 is 0. The highest BCUT2D eigenvalue weighted by Gasteiger charge is 2.25. The van der Waals surface area contributed by atoms with E-state index in [1.54, 1.807) is 0 Å². The Morgan fingerprint density at radius 1 is 1.25 bits per heavy atom. The summed E-state index contributed by atoms with van der Waals surface area (Å²) in [5, 5.41) is 6.47. The third-order valence-corrected chi connectivity index (χ3v) is 4.95. The SMILES string of the molecule is CCNC(=NCCc1ccc(C)nc1)N1CCN(CC(=O)NC2CC2)CC1.I. The topological polar surface area (TPSA) is 72.9 Å². The molecular weight excluding hydrogens is 467 g/mol. The molecule has 1 aliphatic heterocycles. The molecule has 2 fully saturated rings. The number of nitrogens with zero attached hydrogens (tertiary/aromatic N) is 4. The van der Waals surface area contributed by atoms with Crippen LogP contribution in [0.2, 0.25) is 0 Å². The zero-order chi connectivity index (χ0) is 19.1. The molecule has 2 N–H and O–H groups in total. The van der Waals surface area contributed by atoms with Crippen LogP contribution in [0.1, 0.15) is 31.0 Å². The van der Waals surface area contributed by atoms with Crippen molar-refractivity contribution in [1.29, 1.82) is 0 Å². The van der Waals surface area contributed by atoms with Crippen LogP contribution in [0.3, 0.4) is 0 Å². The second kappa shape index (κ2) is 11.5. The van der Waals surface area contributed by atoms with Gasteiger partial charge in [0.05, 0.1) is 6.54 Å². The fraction of sp³-hybridized carbons (Fsp3) is 0.650. The van der Waals surface area contributed by atoms with Crippen molar-refractivity contribution in [2.45, 2.75) is 39.2 Å². The van der Waals surface area contributed by atoms with Crippen molar-refractivity contribution in [2.24, 2.45) is 4.99 Å². The maximum absolute atomic E-state index is 12.0. The highest BCUT2D eigenvalue weighted by molar-refractivity contribution is 14.0. The van der Waals surface area contributed by atoms with E-state index in [1.165, 1.54) is 5.56 Å². The quantitative estimate of drug-likeness (QED) is 0.337. The van der Waals surface area contributed by atoms with Crippen molar-refractivity contribution in [1.82, 2.24) is 25.4 Å². The van der Waals surface area contributed by atoms with Crippen LogP contribution in [-0.4, -0.2) is 78.5 Å². The molecule has 0 aromatic carbocycles. The molecule has 0 spiro atoms. The van der Waals surface area contributed by atoms with Crippen molar-refractivity contribution >= 4 is 35.8 Å². The number of hydrogen-bond acceptors (Lipinski definition) is 4. The number of amides is 1. The van der Waals surface area contributed by atoms with Crippen LogP contribution in [-0.2, 0) is 11.2 Å². The van der Waals surface area contributed by atoms with Gasteiger partial charge < -0.3 is 15.5 Å². The molecule has 1 aliphatic carbocycles. The van der Waals surface area contributed by atoms with E-state index >= 15 is 0 Å². The molecule has 7 nitrogen and oxygen atoms in total. The summed E-state index contributed by atoms with van der Waals surface area (Å²) in [6.07, 6.45) is 5.11. The number of carbonyl (C=O) groups excluding carboxylic acids is 1. The van der Waals surface area contributed by atoms with Gasteiger partial charge in [0.2, 0.25) is 5.91 Å². The highest BCUT2D eigenvalue weighted by atomic mass is 127. The van der Waals surface area contributed by atoms with Gasteiger partial charge in [0, 0.05) is 57.2 Å². The molecule has 28 heavy (non-hydrogen) atoms. The van der Waals surface area contributed by atoms with Gasteiger partial charge in [-0.2, -0.15) is 0 Å². The zero-order valence-electron chi connectivity index (χ0n) is 17.0. The lowest BCUT2D eigenvalue weighted by Crippen LogP contribution is -2.54. The van der Waals surface area contributed by atoms with Crippen molar-refractivity contribution < 1.29 is 4.79 Å². The maximum atomic E-state index is 12.0. The average Bonchev–Trinajstić information content (AvgIpc) is 3.47.